The molecule has 0 aliphatic carbocycles. The molecule has 12 aromatic carbocycles. The fourth-order valence-electron chi connectivity index (χ4n) is 15.6. The van der Waals surface area contributed by atoms with E-state index in [1.165, 1.54) is 98.8 Å². The molecule has 0 N–H and O–H groups in total. The Morgan fingerprint density at radius 2 is 0.491 bits per heavy atom. The van der Waals surface area contributed by atoms with Gasteiger partial charge < -0.3 is 29.3 Å². The third-order valence-electron chi connectivity index (χ3n) is 21.9. The van der Waals surface area contributed by atoms with Gasteiger partial charge in [0.2, 0.25) is 0 Å². The average molecular weight is 1590 g/mol. The average Bonchev–Trinajstić information content (AvgIpc) is 1.61. The van der Waals surface area contributed by atoms with E-state index in [1.807, 2.05) is 12.1 Å². The molecule has 0 radical (unpaired) electrons. The number of para-hydroxylation sites is 4. The minimum atomic E-state index is 0. The first-order valence-electron chi connectivity index (χ1n) is 37.8. The molecule has 0 saturated heterocycles. The Kier molecular flexibility index (Phi) is 17.9. The van der Waals surface area contributed by atoms with Crippen LogP contribution >= 0.6 is 0 Å². The smallest absolute Gasteiger partial charge is 0.366 e. The summed E-state index contributed by atoms with van der Waals surface area (Å²) in [5, 5.41) is 7.70. The molecule has 0 spiro atoms. The molecule has 0 unspecified atom stereocenters. The van der Waals surface area contributed by atoms with E-state index in [0.717, 1.165) is 78.8 Å². The van der Waals surface area contributed by atoms with Crippen LogP contribution in [0.15, 0.2) is 249 Å². The number of fused-ring (bicyclic) bond motifs is 11. The van der Waals surface area contributed by atoms with E-state index in [4.69, 9.17) is 16.4 Å². The van der Waals surface area contributed by atoms with Crippen LogP contribution in [0, 0.1) is 18.4 Å². The van der Waals surface area contributed by atoms with E-state index in [9.17, 15) is 0 Å². The van der Waals surface area contributed by atoms with Gasteiger partial charge in [0.05, 0.1) is 66.8 Å². The van der Waals surface area contributed by atoms with E-state index < -0.39 is 0 Å². The van der Waals surface area contributed by atoms with Gasteiger partial charge in [-0.3, -0.25) is 15.9 Å². The maximum absolute atomic E-state index is 7.36. The molecule has 0 amide bonds. The van der Waals surface area contributed by atoms with Gasteiger partial charge in [0, 0.05) is 60.8 Å². The van der Waals surface area contributed by atoms with E-state index in [2.05, 4.69) is 396 Å². The van der Waals surface area contributed by atoms with Crippen molar-refractivity contribution in [1.29, 1.82) is 0 Å². The second-order valence-electron chi connectivity index (χ2n) is 35.6. The zero-order valence-electron chi connectivity index (χ0n) is 65.6. The Bertz CT molecular complexity index is 5910. The van der Waals surface area contributed by atoms with Gasteiger partial charge in [-0.25, -0.2) is 0 Å². The first kappa shape index (κ1) is 72.8. The summed E-state index contributed by atoms with van der Waals surface area (Å²) in [6.45, 7) is 41.1. The van der Waals surface area contributed by atoms with Crippen molar-refractivity contribution < 1.29 is 21.1 Å². The molecule has 0 atom stereocenters. The Morgan fingerprint density at radius 3 is 0.731 bits per heavy atom. The molecule has 8 heteroatoms. The fourth-order valence-corrected chi connectivity index (χ4v) is 15.6. The molecular formula is C100H95N7Pt. The van der Waals surface area contributed by atoms with Crippen molar-refractivity contribution in [2.45, 2.75) is 157 Å². The zero-order valence-corrected chi connectivity index (χ0v) is 67.9. The molecule has 0 aliphatic heterocycles. The quantitative estimate of drug-likeness (QED) is 0.118. The minimum Gasteiger partial charge on any atom is -0.366 e. The number of hydrogen-bond acceptors (Lipinski definition) is 2. The van der Waals surface area contributed by atoms with Gasteiger partial charge in [-0.1, -0.05) is 209 Å². The zero-order chi connectivity index (χ0) is 75.2. The van der Waals surface area contributed by atoms with Crippen LogP contribution in [0.1, 0.15) is 164 Å². The summed E-state index contributed by atoms with van der Waals surface area (Å²) < 4.78 is 11.7. The first-order chi connectivity index (χ1) is 50.8. The topological polar surface area (TPSA) is 50.4 Å². The maximum Gasteiger partial charge on any atom is 2.00 e. The van der Waals surface area contributed by atoms with Gasteiger partial charge in [-0.15, -0.1) is 42.0 Å². The van der Waals surface area contributed by atoms with Crippen LogP contribution in [0.4, 0.5) is 0 Å². The second-order valence-corrected chi connectivity index (χ2v) is 35.6. The minimum absolute atomic E-state index is 0. The standard InChI is InChI=1S/C72H67N6.C28H28N.Pt/c1-69(2,3)47-24-36-61-55(41-47)56-42-48(70(4,5)6)25-37-62(56)75(61)51-28-32-53(33-29-51)77-65-22-15-13-20-59(65)73-67(77)45-18-17-19-46(40-45)68-74-60-21-14-16-23-66(60)78(68)54-34-30-52(31-35-54)76-63-38-26-49(71(7,8)9)43-57(63)58-44-50(72(10,11)12)27-39-64(58)76;1-8-19-9-13-22(14-10-19)29-25-15-11-20(27(2,3)4)17-23(25)24-18-21(28(5,6)7)12-16-26(24)29;/h13-39,41-44H,1-12H3;9-18H,2-7H3;/q2*-1;+2. The summed E-state index contributed by atoms with van der Waals surface area (Å²) in [5.74, 6) is 4.09. The van der Waals surface area contributed by atoms with Crippen LogP contribution in [0.3, 0.4) is 0 Å². The van der Waals surface area contributed by atoms with Crippen LogP contribution in [0.25, 0.3) is 139 Å². The number of imidazole rings is 2. The van der Waals surface area contributed by atoms with Crippen LogP contribution in [0.2, 0.25) is 0 Å². The maximum atomic E-state index is 7.36. The van der Waals surface area contributed by atoms with Gasteiger partial charge in [0.25, 0.3) is 0 Å². The van der Waals surface area contributed by atoms with Gasteiger partial charge in [-0.05, 0) is 211 Å². The Morgan fingerprint density at radius 1 is 0.259 bits per heavy atom. The number of hydrogen-bond donors (Lipinski definition) is 0. The number of rotatable bonds is 7. The summed E-state index contributed by atoms with van der Waals surface area (Å²) in [4.78, 5) is 10.7. The van der Waals surface area contributed by atoms with Gasteiger partial charge >= 0.3 is 21.1 Å². The SMILES string of the molecule is CC(C)(C)c1ccc2c(c1)c1cc(C(C)(C)C)ccc1n2-c1ccc(-n2c(-c3[c-]c(-c4nc5ccccc5n4-c4ccc(-n5c6ccc(C(C)(C)C)cc6c6cc(C(C)(C)C)ccc65)cc4)ccc3)nc3ccccc32)cc1.[C-]#Cc1ccc(-n2c3ccc(C(C)(C)C)cc3c3cc(C(C)(C)C)ccc32)cc1.[Pt+2]. The van der Waals surface area contributed by atoms with Crippen molar-refractivity contribution in [2.75, 3.05) is 0 Å². The molecule has 7 nitrogen and oxygen atoms in total. The first-order valence-corrected chi connectivity index (χ1v) is 37.8. The summed E-state index contributed by atoms with van der Waals surface area (Å²) in [5.41, 5.74) is 27.4. The Balaban J connectivity index is 0.000000260. The molecule has 0 fully saturated rings. The molecule has 108 heavy (non-hydrogen) atoms. The largest absolute Gasteiger partial charge is 2.00 e. The van der Waals surface area contributed by atoms with Crippen molar-refractivity contribution >= 4 is 87.5 Å². The van der Waals surface area contributed by atoms with Crippen molar-refractivity contribution in [3.63, 3.8) is 0 Å². The normalized spacial score (nSPS) is 12.6. The monoisotopic (exact) mass is 1590 g/mol. The van der Waals surface area contributed by atoms with Crippen LogP contribution in [0.5, 0.6) is 0 Å². The van der Waals surface area contributed by atoms with Crippen molar-refractivity contribution in [3.8, 4) is 57.1 Å². The molecule has 17 rings (SSSR count). The molecule has 0 aliphatic rings. The van der Waals surface area contributed by atoms with Gasteiger partial charge in [0.1, 0.15) is 0 Å². The summed E-state index contributed by atoms with van der Waals surface area (Å²) in [6, 6.07) is 94.8. The summed E-state index contributed by atoms with van der Waals surface area (Å²) >= 11 is 0. The van der Waals surface area contributed by atoms with Crippen LogP contribution < -0.4 is 0 Å². The van der Waals surface area contributed by atoms with Crippen LogP contribution in [-0.4, -0.2) is 32.8 Å². The molecule has 540 valence electrons. The van der Waals surface area contributed by atoms with E-state index >= 15 is 0 Å². The molecule has 0 saturated carbocycles. The van der Waals surface area contributed by atoms with Gasteiger partial charge in [0.15, 0.2) is 0 Å². The molecule has 5 aromatic heterocycles. The number of benzene rings is 12. The second kappa shape index (κ2) is 26.6. The molecule has 0 bridgehead atoms. The predicted molar refractivity (Wildman–Crippen MR) is 453 cm³/mol. The van der Waals surface area contributed by atoms with Gasteiger partial charge in [-0.2, -0.15) is 0 Å². The molecular weight excluding hydrogens is 1490 g/mol. The van der Waals surface area contributed by atoms with Crippen molar-refractivity contribution in [3.05, 3.63) is 300 Å². The predicted octanol–water partition coefficient (Wildman–Crippen LogP) is 26.2. The fraction of sp³-hybridized carbons (Fsp3) is 0.240. The van der Waals surface area contributed by atoms with E-state index in [-0.39, 0.29) is 53.6 Å². The van der Waals surface area contributed by atoms with E-state index in [0.29, 0.717) is 0 Å². The van der Waals surface area contributed by atoms with Crippen molar-refractivity contribution in [1.82, 2.24) is 32.8 Å². The molecule has 5 heterocycles. The third kappa shape index (κ3) is 13.0. The van der Waals surface area contributed by atoms with Crippen LogP contribution in [-0.2, 0) is 53.6 Å². The van der Waals surface area contributed by atoms with Crippen molar-refractivity contribution in [2.24, 2.45) is 0 Å². The van der Waals surface area contributed by atoms with E-state index in [1.54, 1.807) is 0 Å². The Labute approximate surface area is 651 Å². The number of nitrogens with zero attached hydrogens (tertiary/aromatic N) is 7. The molecule has 17 aromatic rings. The Hall–Kier alpha value is -10.8. The summed E-state index contributed by atoms with van der Waals surface area (Å²) in [7, 11) is 0. The third-order valence-corrected chi connectivity index (χ3v) is 21.9. The number of aromatic nitrogens is 7. The summed E-state index contributed by atoms with van der Waals surface area (Å²) in [6.07, 6.45) is 7.36.